The first-order chi connectivity index (χ1) is 10.9. The zero-order valence-corrected chi connectivity index (χ0v) is 16.9. The van der Waals surface area contributed by atoms with Crippen LogP contribution in [0.3, 0.4) is 0 Å². The number of benzene rings is 1. The molecule has 0 spiro atoms. The van der Waals surface area contributed by atoms with Crippen molar-refractivity contribution in [1.29, 1.82) is 0 Å². The SMILES string of the molecule is CCC(C)(C)OCC(O)CN1CCN(c2ccc(F)cc2)CC1.Cl.Cl. The minimum Gasteiger partial charge on any atom is -0.389 e. The van der Waals surface area contributed by atoms with Crippen LogP contribution in [0.15, 0.2) is 24.3 Å². The number of nitrogens with zero attached hydrogens (tertiary/aromatic N) is 2. The molecule has 146 valence electrons. The van der Waals surface area contributed by atoms with E-state index in [1.165, 1.54) is 12.1 Å². The maximum atomic E-state index is 13.0. The summed E-state index contributed by atoms with van der Waals surface area (Å²) in [5, 5.41) is 10.2. The Morgan fingerprint density at radius 1 is 1.12 bits per heavy atom. The molecule has 0 saturated carbocycles. The molecule has 0 radical (unpaired) electrons. The van der Waals surface area contributed by atoms with Gasteiger partial charge in [0.15, 0.2) is 0 Å². The van der Waals surface area contributed by atoms with E-state index in [0.29, 0.717) is 13.2 Å². The molecule has 1 aliphatic rings. The van der Waals surface area contributed by atoms with Gasteiger partial charge in [-0.2, -0.15) is 0 Å². The highest BCUT2D eigenvalue weighted by Crippen LogP contribution is 2.17. The molecule has 0 aromatic heterocycles. The quantitative estimate of drug-likeness (QED) is 0.766. The number of hydrogen-bond donors (Lipinski definition) is 1. The highest BCUT2D eigenvalue weighted by Gasteiger charge is 2.22. The molecular weight excluding hydrogens is 366 g/mol. The van der Waals surface area contributed by atoms with Gasteiger partial charge in [-0.3, -0.25) is 4.90 Å². The van der Waals surface area contributed by atoms with Crippen LogP contribution in [0.25, 0.3) is 0 Å². The summed E-state index contributed by atoms with van der Waals surface area (Å²) < 4.78 is 18.7. The van der Waals surface area contributed by atoms with Crippen molar-refractivity contribution in [3.63, 3.8) is 0 Å². The number of β-amino-alcohol motifs (C(OH)–C–C–N with tert-alkyl or cyclic N) is 1. The second-order valence-electron chi connectivity index (χ2n) is 6.84. The first kappa shape index (κ1) is 24.4. The van der Waals surface area contributed by atoms with E-state index in [0.717, 1.165) is 38.3 Å². The van der Waals surface area contributed by atoms with Gasteiger partial charge < -0.3 is 14.7 Å². The van der Waals surface area contributed by atoms with Gasteiger partial charge in [0.2, 0.25) is 0 Å². The zero-order chi connectivity index (χ0) is 16.9. The van der Waals surface area contributed by atoms with Crippen molar-refractivity contribution in [1.82, 2.24) is 4.90 Å². The van der Waals surface area contributed by atoms with Crippen LogP contribution < -0.4 is 4.90 Å². The lowest BCUT2D eigenvalue weighted by atomic mass is 10.1. The molecule has 0 aliphatic carbocycles. The molecule has 1 heterocycles. The molecule has 2 rings (SSSR count). The number of rotatable bonds is 7. The molecule has 0 amide bonds. The van der Waals surface area contributed by atoms with Crippen LogP contribution in [0, 0.1) is 5.82 Å². The van der Waals surface area contributed by atoms with Crippen molar-refractivity contribution in [2.75, 3.05) is 44.2 Å². The van der Waals surface area contributed by atoms with E-state index in [1.807, 2.05) is 26.0 Å². The molecule has 1 aromatic rings. The second kappa shape index (κ2) is 11.2. The molecule has 4 nitrogen and oxygen atoms in total. The Hall–Kier alpha value is -0.590. The summed E-state index contributed by atoms with van der Waals surface area (Å²) in [6, 6.07) is 6.64. The van der Waals surface area contributed by atoms with E-state index >= 15 is 0 Å². The lowest BCUT2D eigenvalue weighted by Gasteiger charge is -2.37. The van der Waals surface area contributed by atoms with Crippen molar-refractivity contribution in [3.05, 3.63) is 30.1 Å². The fourth-order valence-corrected chi connectivity index (χ4v) is 2.62. The summed E-state index contributed by atoms with van der Waals surface area (Å²) in [5.74, 6) is -0.203. The van der Waals surface area contributed by atoms with E-state index in [9.17, 15) is 9.50 Å². The molecule has 1 N–H and O–H groups in total. The Balaban J connectivity index is 0.00000288. The number of hydrogen-bond acceptors (Lipinski definition) is 4. The summed E-state index contributed by atoms with van der Waals surface area (Å²) >= 11 is 0. The fourth-order valence-electron chi connectivity index (χ4n) is 2.62. The van der Waals surface area contributed by atoms with Crippen LogP contribution in [0.5, 0.6) is 0 Å². The standard InChI is InChI=1S/C18H29FN2O2.2ClH/c1-4-18(2,3)23-14-17(22)13-20-9-11-21(12-10-20)16-7-5-15(19)6-8-16;;/h5-8,17,22H,4,9-14H2,1-3H3;2*1H. The fraction of sp³-hybridized carbons (Fsp3) is 0.667. The normalized spacial score (nSPS) is 16.8. The van der Waals surface area contributed by atoms with Crippen molar-refractivity contribution in [2.24, 2.45) is 0 Å². The third kappa shape index (κ3) is 8.09. The van der Waals surface area contributed by atoms with Crippen LogP contribution in [-0.2, 0) is 4.74 Å². The van der Waals surface area contributed by atoms with Gasteiger partial charge in [0.05, 0.1) is 18.3 Å². The number of aliphatic hydroxyl groups is 1. The number of ether oxygens (including phenoxy) is 1. The average Bonchev–Trinajstić information content (AvgIpc) is 2.55. The van der Waals surface area contributed by atoms with Gasteiger partial charge in [0, 0.05) is 38.4 Å². The lowest BCUT2D eigenvalue weighted by Crippen LogP contribution is -2.49. The van der Waals surface area contributed by atoms with Crippen molar-refractivity contribution in [2.45, 2.75) is 38.9 Å². The van der Waals surface area contributed by atoms with Crippen LogP contribution in [0.2, 0.25) is 0 Å². The van der Waals surface area contributed by atoms with Crippen LogP contribution in [-0.4, -0.2) is 61.0 Å². The Morgan fingerprint density at radius 2 is 1.68 bits per heavy atom. The molecule has 0 bridgehead atoms. The van der Waals surface area contributed by atoms with Crippen molar-refractivity contribution >= 4 is 30.5 Å². The number of anilines is 1. The third-order valence-electron chi connectivity index (χ3n) is 4.55. The molecule has 1 saturated heterocycles. The van der Waals surface area contributed by atoms with Crippen molar-refractivity contribution < 1.29 is 14.2 Å². The van der Waals surface area contributed by atoms with Gasteiger partial charge in [0.1, 0.15) is 5.82 Å². The van der Waals surface area contributed by atoms with Crippen LogP contribution in [0.4, 0.5) is 10.1 Å². The molecular formula is C18H31Cl2FN2O2. The molecule has 1 aliphatic heterocycles. The number of aliphatic hydroxyl groups excluding tert-OH is 1. The topological polar surface area (TPSA) is 35.9 Å². The third-order valence-corrected chi connectivity index (χ3v) is 4.55. The van der Waals surface area contributed by atoms with Crippen molar-refractivity contribution in [3.8, 4) is 0 Å². The number of halogens is 3. The summed E-state index contributed by atoms with van der Waals surface area (Å²) in [7, 11) is 0. The maximum absolute atomic E-state index is 13.0. The first-order valence-corrected chi connectivity index (χ1v) is 8.44. The van der Waals surface area contributed by atoms with Gasteiger partial charge in [0.25, 0.3) is 0 Å². The Bertz CT molecular complexity index is 480. The van der Waals surface area contributed by atoms with Gasteiger partial charge >= 0.3 is 0 Å². The van der Waals surface area contributed by atoms with Gasteiger partial charge in [-0.25, -0.2) is 4.39 Å². The van der Waals surface area contributed by atoms with E-state index < -0.39 is 6.10 Å². The summed E-state index contributed by atoms with van der Waals surface area (Å²) in [6.45, 7) is 10.7. The molecule has 1 aromatic carbocycles. The minimum absolute atomic E-state index is 0. The van der Waals surface area contributed by atoms with Gasteiger partial charge in [-0.05, 0) is 44.5 Å². The summed E-state index contributed by atoms with van der Waals surface area (Å²) in [4.78, 5) is 4.51. The Labute approximate surface area is 163 Å². The molecule has 1 fully saturated rings. The monoisotopic (exact) mass is 396 g/mol. The maximum Gasteiger partial charge on any atom is 0.123 e. The largest absolute Gasteiger partial charge is 0.389 e. The van der Waals surface area contributed by atoms with Crippen LogP contribution in [0.1, 0.15) is 27.2 Å². The molecule has 7 heteroatoms. The molecule has 25 heavy (non-hydrogen) atoms. The van der Waals surface area contributed by atoms with E-state index in [1.54, 1.807) is 0 Å². The summed E-state index contributed by atoms with van der Waals surface area (Å²) in [6.07, 6.45) is 0.467. The Morgan fingerprint density at radius 3 is 2.20 bits per heavy atom. The highest BCUT2D eigenvalue weighted by molar-refractivity contribution is 5.85. The Kier molecular flexibility index (Phi) is 10.9. The van der Waals surface area contributed by atoms with E-state index in [4.69, 9.17) is 4.74 Å². The molecule has 1 unspecified atom stereocenters. The minimum atomic E-state index is -0.460. The number of piperazine rings is 1. The van der Waals surface area contributed by atoms with E-state index in [-0.39, 0.29) is 36.2 Å². The van der Waals surface area contributed by atoms with Crippen LogP contribution >= 0.6 is 24.8 Å². The van der Waals surface area contributed by atoms with E-state index in [2.05, 4.69) is 16.7 Å². The lowest BCUT2D eigenvalue weighted by molar-refractivity contribution is -0.0674. The van der Waals surface area contributed by atoms with Gasteiger partial charge in [-0.15, -0.1) is 24.8 Å². The average molecular weight is 397 g/mol. The second-order valence-corrected chi connectivity index (χ2v) is 6.84. The zero-order valence-electron chi connectivity index (χ0n) is 15.3. The molecule has 1 atom stereocenters. The smallest absolute Gasteiger partial charge is 0.123 e. The van der Waals surface area contributed by atoms with Gasteiger partial charge in [-0.1, -0.05) is 6.92 Å². The first-order valence-electron chi connectivity index (χ1n) is 8.44. The highest BCUT2D eigenvalue weighted by atomic mass is 35.5. The predicted molar refractivity (Wildman–Crippen MR) is 106 cm³/mol. The predicted octanol–water partition coefficient (Wildman–Crippen LogP) is 3.36. The summed E-state index contributed by atoms with van der Waals surface area (Å²) in [5.41, 5.74) is 0.877.